The Morgan fingerprint density at radius 3 is 2.48 bits per heavy atom. The smallest absolute Gasteiger partial charge is 0.422 e. The molecule has 0 radical (unpaired) electrons. The minimum absolute atomic E-state index is 0.0502. The number of aromatic nitrogens is 2. The Morgan fingerprint density at radius 2 is 1.92 bits per heavy atom. The third-order valence-electron chi connectivity index (χ3n) is 3.27. The molecule has 0 aliphatic rings. The largest absolute Gasteiger partial charge is 0.481 e. The van der Waals surface area contributed by atoms with Crippen LogP contribution in [0.3, 0.4) is 0 Å². The Labute approximate surface area is 142 Å². The second-order valence-corrected chi connectivity index (χ2v) is 6.93. The number of imidazole rings is 1. The summed E-state index contributed by atoms with van der Waals surface area (Å²) in [5.74, 6) is -1.68. The summed E-state index contributed by atoms with van der Waals surface area (Å²) >= 11 is 0. The van der Waals surface area contributed by atoms with E-state index in [9.17, 15) is 22.4 Å². The SMILES string of the molecule is Cn1c(NC(=O)CC(C)(C)C)nc2ccc(OCC(F)(F)F)c(F)c21. The molecule has 0 saturated heterocycles. The van der Waals surface area contributed by atoms with Gasteiger partial charge in [-0.05, 0) is 17.5 Å². The van der Waals surface area contributed by atoms with Crippen LogP contribution in [0.4, 0.5) is 23.5 Å². The highest BCUT2D eigenvalue weighted by atomic mass is 19.4. The predicted molar refractivity (Wildman–Crippen MR) is 84.9 cm³/mol. The van der Waals surface area contributed by atoms with Crippen molar-refractivity contribution in [1.82, 2.24) is 9.55 Å². The molecule has 1 N–H and O–H groups in total. The Hall–Kier alpha value is -2.32. The Balaban J connectivity index is 2.30. The van der Waals surface area contributed by atoms with E-state index in [2.05, 4.69) is 15.0 Å². The van der Waals surface area contributed by atoms with Crippen LogP contribution in [0, 0.1) is 11.2 Å². The standard InChI is InChI=1S/C16H19F4N3O2/c1-15(2,3)7-11(24)22-14-21-9-5-6-10(25-8-16(18,19)20)12(17)13(9)23(14)4/h5-6H,7-8H2,1-4H3,(H,21,22,24). The van der Waals surface area contributed by atoms with Gasteiger partial charge >= 0.3 is 6.18 Å². The lowest BCUT2D eigenvalue weighted by molar-refractivity contribution is -0.153. The highest BCUT2D eigenvalue weighted by molar-refractivity contribution is 5.92. The zero-order valence-electron chi connectivity index (χ0n) is 14.3. The first-order valence-corrected chi connectivity index (χ1v) is 7.52. The molecule has 0 atom stereocenters. The molecule has 9 heteroatoms. The molecule has 0 fully saturated rings. The summed E-state index contributed by atoms with van der Waals surface area (Å²) in [6.45, 7) is 4.09. The van der Waals surface area contributed by atoms with E-state index in [1.54, 1.807) is 0 Å². The van der Waals surface area contributed by atoms with Crippen molar-refractivity contribution in [3.05, 3.63) is 17.9 Å². The number of nitrogens with zero attached hydrogens (tertiary/aromatic N) is 2. The molecular formula is C16H19F4N3O2. The molecule has 2 aromatic rings. The zero-order chi connectivity index (χ0) is 19.0. The number of halogens is 4. The highest BCUT2D eigenvalue weighted by Gasteiger charge is 2.29. The molecule has 5 nitrogen and oxygen atoms in total. The van der Waals surface area contributed by atoms with Crippen molar-refractivity contribution in [3.8, 4) is 5.75 Å². The zero-order valence-corrected chi connectivity index (χ0v) is 14.3. The second kappa shape index (κ2) is 6.53. The third-order valence-corrected chi connectivity index (χ3v) is 3.27. The maximum absolute atomic E-state index is 14.5. The van der Waals surface area contributed by atoms with E-state index in [4.69, 9.17) is 0 Å². The number of nitrogens with one attached hydrogen (secondary N) is 1. The van der Waals surface area contributed by atoms with Gasteiger partial charge in [0, 0.05) is 13.5 Å². The Bertz CT molecular complexity index is 791. The van der Waals surface area contributed by atoms with Gasteiger partial charge in [0.1, 0.15) is 5.52 Å². The van der Waals surface area contributed by atoms with Gasteiger partial charge in [-0.25, -0.2) is 9.37 Å². The van der Waals surface area contributed by atoms with Crippen molar-refractivity contribution < 1.29 is 27.1 Å². The van der Waals surface area contributed by atoms with Gasteiger partial charge in [-0.15, -0.1) is 0 Å². The van der Waals surface area contributed by atoms with Gasteiger partial charge in [-0.3, -0.25) is 10.1 Å². The lowest BCUT2D eigenvalue weighted by atomic mass is 9.92. The van der Waals surface area contributed by atoms with E-state index in [1.165, 1.54) is 17.7 Å². The maximum atomic E-state index is 14.5. The number of carbonyl (C=O) groups excluding carboxylic acids is 1. The molecule has 0 aliphatic carbocycles. The lowest BCUT2D eigenvalue weighted by Crippen LogP contribution is -2.21. The number of hydrogen-bond acceptors (Lipinski definition) is 3. The lowest BCUT2D eigenvalue weighted by Gasteiger charge is -2.17. The molecule has 0 spiro atoms. The van der Waals surface area contributed by atoms with Gasteiger partial charge < -0.3 is 9.30 Å². The molecule has 1 amide bonds. The fourth-order valence-corrected chi connectivity index (χ4v) is 2.27. The molecule has 2 rings (SSSR count). The van der Waals surface area contributed by atoms with E-state index in [1.807, 2.05) is 20.8 Å². The summed E-state index contributed by atoms with van der Waals surface area (Å²) in [5.41, 5.74) is -0.0884. The first-order chi connectivity index (χ1) is 11.4. The van der Waals surface area contributed by atoms with Crippen molar-refractivity contribution in [1.29, 1.82) is 0 Å². The summed E-state index contributed by atoms with van der Waals surface area (Å²) in [6, 6.07) is 2.42. The fourth-order valence-electron chi connectivity index (χ4n) is 2.27. The van der Waals surface area contributed by atoms with Gasteiger partial charge in [0.05, 0.1) is 5.52 Å². The molecule has 0 unspecified atom stereocenters. The number of fused-ring (bicyclic) bond motifs is 1. The summed E-state index contributed by atoms with van der Waals surface area (Å²) in [7, 11) is 1.46. The van der Waals surface area contributed by atoms with Crippen LogP contribution >= 0.6 is 0 Å². The average molecular weight is 361 g/mol. The van der Waals surface area contributed by atoms with Crippen molar-refractivity contribution in [2.45, 2.75) is 33.4 Å². The van der Waals surface area contributed by atoms with Crippen LogP contribution in [0.1, 0.15) is 27.2 Å². The van der Waals surface area contributed by atoms with Crippen molar-refractivity contribution in [3.63, 3.8) is 0 Å². The van der Waals surface area contributed by atoms with Crippen molar-refractivity contribution in [2.24, 2.45) is 12.5 Å². The molecule has 0 saturated carbocycles. The summed E-state index contributed by atoms with van der Waals surface area (Å²) in [5, 5.41) is 2.58. The number of benzene rings is 1. The van der Waals surface area contributed by atoms with E-state index < -0.39 is 24.3 Å². The molecule has 1 aromatic heterocycles. The van der Waals surface area contributed by atoms with Crippen LogP contribution in [0.2, 0.25) is 0 Å². The van der Waals surface area contributed by atoms with Gasteiger partial charge in [0.25, 0.3) is 0 Å². The van der Waals surface area contributed by atoms with E-state index in [0.29, 0.717) is 0 Å². The van der Waals surface area contributed by atoms with Gasteiger partial charge in [-0.1, -0.05) is 20.8 Å². The first kappa shape index (κ1) is 19.0. The molecule has 1 heterocycles. The second-order valence-electron chi connectivity index (χ2n) is 6.93. The number of rotatable bonds is 4. The number of amides is 1. The minimum atomic E-state index is -4.57. The Morgan fingerprint density at radius 1 is 1.28 bits per heavy atom. The summed E-state index contributed by atoms with van der Waals surface area (Å²) in [4.78, 5) is 16.1. The number of hydrogen-bond donors (Lipinski definition) is 1. The average Bonchev–Trinajstić information content (AvgIpc) is 2.72. The van der Waals surface area contributed by atoms with Crippen molar-refractivity contribution >= 4 is 22.9 Å². The van der Waals surface area contributed by atoms with E-state index >= 15 is 0 Å². The van der Waals surface area contributed by atoms with Crippen LogP contribution < -0.4 is 10.1 Å². The molecule has 138 valence electrons. The van der Waals surface area contributed by atoms with Crippen LogP contribution in [-0.2, 0) is 11.8 Å². The van der Waals surface area contributed by atoms with Crippen LogP contribution in [0.25, 0.3) is 11.0 Å². The predicted octanol–water partition coefficient (Wildman–Crippen LogP) is 4.03. The third kappa shape index (κ3) is 4.83. The molecule has 25 heavy (non-hydrogen) atoms. The summed E-state index contributed by atoms with van der Waals surface area (Å²) < 4.78 is 56.9. The number of alkyl halides is 3. The molecule has 1 aromatic carbocycles. The van der Waals surface area contributed by atoms with E-state index in [0.717, 1.165) is 6.07 Å². The van der Waals surface area contributed by atoms with Gasteiger partial charge in [0.2, 0.25) is 11.9 Å². The first-order valence-electron chi connectivity index (χ1n) is 7.52. The van der Waals surface area contributed by atoms with Gasteiger partial charge in [-0.2, -0.15) is 13.2 Å². The molecule has 0 bridgehead atoms. The van der Waals surface area contributed by atoms with Crippen LogP contribution in [0.5, 0.6) is 5.75 Å². The van der Waals surface area contributed by atoms with Crippen LogP contribution in [-0.4, -0.2) is 28.2 Å². The fraction of sp³-hybridized carbons (Fsp3) is 0.500. The number of ether oxygens (including phenoxy) is 1. The number of anilines is 1. The Kier molecular flexibility index (Phi) is 4.97. The normalized spacial score (nSPS) is 12.5. The van der Waals surface area contributed by atoms with Crippen molar-refractivity contribution in [2.75, 3.05) is 11.9 Å². The molecular weight excluding hydrogens is 342 g/mol. The summed E-state index contributed by atoms with van der Waals surface area (Å²) in [6.07, 6.45) is -4.33. The van der Waals surface area contributed by atoms with E-state index in [-0.39, 0.29) is 34.7 Å². The maximum Gasteiger partial charge on any atom is 0.422 e. The number of aryl methyl sites for hydroxylation is 1. The van der Waals surface area contributed by atoms with Crippen LogP contribution in [0.15, 0.2) is 12.1 Å². The quantitative estimate of drug-likeness (QED) is 0.837. The number of carbonyl (C=O) groups is 1. The monoisotopic (exact) mass is 361 g/mol. The molecule has 0 aliphatic heterocycles. The minimum Gasteiger partial charge on any atom is -0.481 e. The van der Waals surface area contributed by atoms with Gasteiger partial charge in [0.15, 0.2) is 18.2 Å². The highest BCUT2D eigenvalue weighted by Crippen LogP contribution is 2.29. The topological polar surface area (TPSA) is 56.2 Å².